The molecule has 1 saturated heterocycles. The number of anilines is 1. The smallest absolute Gasteiger partial charge is 0.238 e. The molecule has 9 heteroatoms. The molecule has 4 rings (SSSR count). The van der Waals surface area contributed by atoms with Gasteiger partial charge in [-0.05, 0) is 60.5 Å². The van der Waals surface area contributed by atoms with Gasteiger partial charge in [0.1, 0.15) is 22.5 Å². The van der Waals surface area contributed by atoms with Crippen molar-refractivity contribution in [3.8, 4) is 17.2 Å². The molecule has 192 valence electrons. The third kappa shape index (κ3) is 6.62. The van der Waals surface area contributed by atoms with Gasteiger partial charge in [-0.2, -0.15) is 0 Å². The number of rotatable bonds is 9. The Morgan fingerprint density at radius 3 is 2.24 bits per heavy atom. The molecule has 1 heterocycles. The molecule has 2 amide bonds. The second-order valence-electron chi connectivity index (χ2n) is 8.24. The summed E-state index contributed by atoms with van der Waals surface area (Å²) in [6, 6.07) is 22.2. The monoisotopic (exact) mass is 519 g/mol. The van der Waals surface area contributed by atoms with Gasteiger partial charge in [0.25, 0.3) is 0 Å². The quantitative estimate of drug-likeness (QED) is 0.432. The molecule has 0 radical (unpaired) electrons. The van der Waals surface area contributed by atoms with Crippen LogP contribution in [0.1, 0.15) is 12.0 Å². The number of hydrogen-bond donors (Lipinski definition) is 1. The molecule has 37 heavy (non-hydrogen) atoms. The first-order valence-electron chi connectivity index (χ1n) is 11.8. The molecule has 1 N–H and O–H groups in total. The van der Waals surface area contributed by atoms with Crippen LogP contribution >= 0.6 is 11.8 Å². The molecule has 0 spiro atoms. The number of benzene rings is 3. The molecule has 0 aliphatic carbocycles. The third-order valence-electron chi connectivity index (χ3n) is 5.88. The number of carbonyl (C=O) groups is 2. The lowest BCUT2D eigenvalue weighted by Crippen LogP contribution is -2.46. The second-order valence-corrected chi connectivity index (χ2v) is 9.41. The number of carbonyl (C=O) groups excluding carboxylic acids is 2. The average molecular weight is 520 g/mol. The van der Waals surface area contributed by atoms with E-state index in [9.17, 15) is 9.59 Å². The average Bonchev–Trinajstić information content (AvgIpc) is 2.93. The topological polar surface area (TPSA) is 89.5 Å². The molecule has 0 aromatic heterocycles. The fourth-order valence-corrected chi connectivity index (χ4v) is 4.95. The van der Waals surface area contributed by atoms with Crippen LogP contribution in [0.5, 0.6) is 17.2 Å². The Labute approximate surface area is 220 Å². The second kappa shape index (κ2) is 12.3. The Bertz CT molecular complexity index is 1260. The van der Waals surface area contributed by atoms with Crippen LogP contribution in [0.25, 0.3) is 0 Å². The summed E-state index contributed by atoms with van der Waals surface area (Å²) < 4.78 is 15.8. The molecule has 8 nitrogen and oxygen atoms in total. The molecular formula is C28H29N3O5S. The number of ether oxygens (including phenoxy) is 3. The van der Waals surface area contributed by atoms with E-state index in [0.29, 0.717) is 41.0 Å². The molecule has 1 aliphatic heterocycles. The molecule has 1 unspecified atom stereocenters. The van der Waals surface area contributed by atoms with Crippen molar-refractivity contribution in [3.05, 3.63) is 78.4 Å². The van der Waals surface area contributed by atoms with Gasteiger partial charge in [0.15, 0.2) is 5.17 Å². The summed E-state index contributed by atoms with van der Waals surface area (Å²) in [6.07, 6.45) is 0.700. The van der Waals surface area contributed by atoms with Gasteiger partial charge in [0.2, 0.25) is 11.8 Å². The Hall–Kier alpha value is -3.98. The molecule has 3 aromatic rings. The highest BCUT2D eigenvalue weighted by atomic mass is 32.2. The lowest BCUT2D eigenvalue weighted by molar-refractivity contribution is -0.129. The van der Waals surface area contributed by atoms with E-state index in [-0.39, 0.29) is 18.2 Å². The van der Waals surface area contributed by atoms with Gasteiger partial charge in [0, 0.05) is 13.0 Å². The van der Waals surface area contributed by atoms with Crippen molar-refractivity contribution in [3.63, 3.8) is 0 Å². The minimum atomic E-state index is -0.633. The number of amidine groups is 1. The summed E-state index contributed by atoms with van der Waals surface area (Å²) >= 11 is 1.28. The zero-order chi connectivity index (χ0) is 26.2. The SMILES string of the molecule is COc1ccc(CCN2C(=O)CC(C(=O)Nc3ccccc3OC)SC2=Nc2ccc(OC)cc2)cc1. The first-order chi connectivity index (χ1) is 18.0. The van der Waals surface area contributed by atoms with Gasteiger partial charge >= 0.3 is 0 Å². The van der Waals surface area contributed by atoms with E-state index in [4.69, 9.17) is 19.2 Å². The van der Waals surface area contributed by atoms with Gasteiger partial charge in [0.05, 0.1) is 32.7 Å². The van der Waals surface area contributed by atoms with E-state index in [0.717, 1.165) is 11.3 Å². The summed E-state index contributed by atoms with van der Waals surface area (Å²) in [5.41, 5.74) is 2.29. The molecule has 1 aliphatic rings. The Morgan fingerprint density at radius 1 is 0.946 bits per heavy atom. The zero-order valence-corrected chi connectivity index (χ0v) is 21.8. The number of methoxy groups -OCH3 is 3. The minimum absolute atomic E-state index is 0.0654. The van der Waals surface area contributed by atoms with Crippen LogP contribution in [-0.2, 0) is 16.0 Å². The minimum Gasteiger partial charge on any atom is -0.497 e. The van der Waals surface area contributed by atoms with Gasteiger partial charge in [-0.25, -0.2) is 4.99 Å². The maximum Gasteiger partial charge on any atom is 0.238 e. The molecule has 1 atom stereocenters. The molecule has 1 fully saturated rings. The predicted octanol–water partition coefficient (Wildman–Crippen LogP) is 4.92. The summed E-state index contributed by atoms with van der Waals surface area (Å²) in [5, 5.41) is 2.74. The normalized spacial score (nSPS) is 16.4. The van der Waals surface area contributed by atoms with Crippen molar-refractivity contribution in [2.24, 2.45) is 4.99 Å². The number of nitrogens with one attached hydrogen (secondary N) is 1. The van der Waals surface area contributed by atoms with E-state index in [2.05, 4.69) is 5.32 Å². The van der Waals surface area contributed by atoms with E-state index >= 15 is 0 Å². The van der Waals surface area contributed by atoms with Gasteiger partial charge in [-0.3, -0.25) is 14.5 Å². The molecular weight excluding hydrogens is 490 g/mol. The lowest BCUT2D eigenvalue weighted by Gasteiger charge is -2.32. The Morgan fingerprint density at radius 2 is 1.59 bits per heavy atom. The van der Waals surface area contributed by atoms with E-state index in [1.165, 1.54) is 11.8 Å². The van der Waals surface area contributed by atoms with Gasteiger partial charge in [-0.1, -0.05) is 36.0 Å². The molecule has 0 bridgehead atoms. The summed E-state index contributed by atoms with van der Waals surface area (Å²) in [4.78, 5) is 32.9. The Kier molecular flexibility index (Phi) is 8.68. The van der Waals surface area contributed by atoms with Crippen LogP contribution in [-0.4, -0.2) is 55.0 Å². The molecule has 3 aromatic carbocycles. The van der Waals surface area contributed by atoms with E-state index in [1.807, 2.05) is 60.7 Å². The fraction of sp³-hybridized carbons (Fsp3) is 0.250. The van der Waals surface area contributed by atoms with Crippen LogP contribution in [0.3, 0.4) is 0 Å². The van der Waals surface area contributed by atoms with Crippen molar-refractivity contribution in [1.29, 1.82) is 0 Å². The van der Waals surface area contributed by atoms with Crippen molar-refractivity contribution in [1.82, 2.24) is 4.90 Å². The van der Waals surface area contributed by atoms with E-state index < -0.39 is 5.25 Å². The highest BCUT2D eigenvalue weighted by Gasteiger charge is 2.36. The van der Waals surface area contributed by atoms with Crippen LogP contribution in [0.15, 0.2) is 77.8 Å². The van der Waals surface area contributed by atoms with E-state index in [1.54, 1.807) is 38.4 Å². The Balaban J connectivity index is 1.55. The highest BCUT2D eigenvalue weighted by Crippen LogP contribution is 2.32. The van der Waals surface area contributed by atoms with Gasteiger partial charge < -0.3 is 19.5 Å². The predicted molar refractivity (Wildman–Crippen MR) is 146 cm³/mol. The first-order valence-corrected chi connectivity index (χ1v) is 12.6. The van der Waals surface area contributed by atoms with Crippen molar-refractivity contribution >= 4 is 40.1 Å². The number of nitrogens with zero attached hydrogens (tertiary/aromatic N) is 2. The fourth-order valence-electron chi connectivity index (χ4n) is 3.82. The summed E-state index contributed by atoms with van der Waals surface area (Å²) in [6.45, 7) is 0.438. The first kappa shape index (κ1) is 26.1. The van der Waals surface area contributed by atoms with Crippen molar-refractivity contribution < 1.29 is 23.8 Å². The maximum atomic E-state index is 13.3. The van der Waals surface area contributed by atoms with Crippen molar-refractivity contribution in [2.45, 2.75) is 18.1 Å². The summed E-state index contributed by atoms with van der Waals surface area (Å²) in [7, 11) is 4.77. The van der Waals surface area contributed by atoms with Crippen LogP contribution in [0.4, 0.5) is 11.4 Å². The van der Waals surface area contributed by atoms with Crippen LogP contribution in [0, 0.1) is 0 Å². The lowest BCUT2D eigenvalue weighted by atomic mass is 10.1. The van der Waals surface area contributed by atoms with Crippen LogP contribution < -0.4 is 19.5 Å². The largest absolute Gasteiger partial charge is 0.497 e. The zero-order valence-electron chi connectivity index (χ0n) is 21.0. The maximum absolute atomic E-state index is 13.3. The number of amides is 2. The van der Waals surface area contributed by atoms with Crippen molar-refractivity contribution in [2.75, 3.05) is 33.2 Å². The summed E-state index contributed by atoms with van der Waals surface area (Å²) in [5.74, 6) is 1.61. The van der Waals surface area contributed by atoms with Gasteiger partial charge in [-0.15, -0.1) is 0 Å². The highest BCUT2D eigenvalue weighted by molar-refractivity contribution is 8.15. The van der Waals surface area contributed by atoms with Crippen LogP contribution in [0.2, 0.25) is 0 Å². The number of thioether (sulfide) groups is 1. The number of para-hydroxylation sites is 2. The number of hydrogen-bond acceptors (Lipinski definition) is 7. The molecule has 0 saturated carbocycles. The standard InChI is InChI=1S/C28H29N3O5S/c1-34-21-12-8-19(9-13-21)16-17-31-26(32)18-25(27(33)30-23-6-4-5-7-24(23)36-3)37-28(31)29-20-10-14-22(35-2)15-11-20/h4-15,25H,16-18H2,1-3H3,(H,30,33). The third-order valence-corrected chi connectivity index (χ3v) is 7.06. The number of aliphatic imine (C=N–C) groups is 1.